The highest BCUT2D eigenvalue weighted by atomic mass is 16.1. The van der Waals surface area contributed by atoms with Crippen LogP contribution in [-0.4, -0.2) is 36.5 Å². The third-order valence-electron chi connectivity index (χ3n) is 3.29. The SMILES string of the molecule is CCCC(Cn1ncc(N(C)CCC)cc1=O)NC. The molecule has 0 aliphatic heterocycles. The molecule has 0 saturated carbocycles. The van der Waals surface area contributed by atoms with E-state index in [9.17, 15) is 4.79 Å². The van der Waals surface area contributed by atoms with Crippen LogP contribution in [-0.2, 0) is 6.54 Å². The van der Waals surface area contributed by atoms with Gasteiger partial charge in [0.1, 0.15) is 0 Å². The number of aromatic nitrogens is 2. The molecule has 1 atom stereocenters. The van der Waals surface area contributed by atoms with Gasteiger partial charge in [-0.05, 0) is 19.9 Å². The third kappa shape index (κ3) is 4.67. The molecule has 1 rings (SSSR count). The zero-order valence-electron chi connectivity index (χ0n) is 12.5. The van der Waals surface area contributed by atoms with Gasteiger partial charge in [0.15, 0.2) is 0 Å². The maximum absolute atomic E-state index is 12.1. The molecule has 1 N–H and O–H groups in total. The molecular weight excluding hydrogens is 240 g/mol. The fourth-order valence-electron chi connectivity index (χ4n) is 2.12. The van der Waals surface area contributed by atoms with Gasteiger partial charge in [-0.2, -0.15) is 5.10 Å². The molecule has 1 heterocycles. The number of hydrogen-bond donors (Lipinski definition) is 1. The van der Waals surface area contributed by atoms with Crippen molar-refractivity contribution in [3.8, 4) is 0 Å². The number of likely N-dealkylation sites (N-methyl/N-ethyl adjacent to an activating group) is 1. The zero-order valence-corrected chi connectivity index (χ0v) is 12.5. The van der Waals surface area contributed by atoms with Gasteiger partial charge in [0, 0.05) is 25.7 Å². The van der Waals surface area contributed by atoms with Crippen molar-refractivity contribution in [1.29, 1.82) is 0 Å². The average molecular weight is 266 g/mol. The van der Waals surface area contributed by atoms with Gasteiger partial charge in [-0.1, -0.05) is 20.3 Å². The predicted molar refractivity (Wildman–Crippen MR) is 79.8 cm³/mol. The van der Waals surface area contributed by atoms with Gasteiger partial charge >= 0.3 is 0 Å². The van der Waals surface area contributed by atoms with Crippen molar-refractivity contribution < 1.29 is 0 Å². The van der Waals surface area contributed by atoms with Crippen molar-refractivity contribution in [3.63, 3.8) is 0 Å². The van der Waals surface area contributed by atoms with E-state index in [1.54, 1.807) is 16.9 Å². The second kappa shape index (κ2) is 7.94. The quantitative estimate of drug-likeness (QED) is 0.774. The van der Waals surface area contributed by atoms with Gasteiger partial charge in [0.25, 0.3) is 5.56 Å². The van der Waals surface area contributed by atoms with Crippen LogP contribution in [0, 0.1) is 0 Å². The monoisotopic (exact) mass is 266 g/mol. The van der Waals surface area contributed by atoms with Crippen molar-refractivity contribution in [2.24, 2.45) is 0 Å². The molecule has 19 heavy (non-hydrogen) atoms. The Kier molecular flexibility index (Phi) is 6.56. The van der Waals surface area contributed by atoms with E-state index in [0.717, 1.165) is 31.5 Å². The van der Waals surface area contributed by atoms with Gasteiger partial charge in [0.2, 0.25) is 0 Å². The first-order valence-corrected chi connectivity index (χ1v) is 7.07. The van der Waals surface area contributed by atoms with Crippen LogP contribution in [0.3, 0.4) is 0 Å². The Hall–Kier alpha value is -1.36. The summed E-state index contributed by atoms with van der Waals surface area (Å²) in [7, 11) is 3.91. The van der Waals surface area contributed by atoms with Crippen molar-refractivity contribution in [3.05, 3.63) is 22.6 Å². The van der Waals surface area contributed by atoms with Crippen LogP contribution in [0.15, 0.2) is 17.1 Å². The van der Waals surface area contributed by atoms with E-state index >= 15 is 0 Å². The van der Waals surface area contributed by atoms with Crippen molar-refractivity contribution in [2.75, 3.05) is 25.5 Å². The fraction of sp³-hybridized carbons (Fsp3) is 0.714. The molecule has 1 unspecified atom stereocenters. The van der Waals surface area contributed by atoms with Crippen LogP contribution < -0.4 is 15.8 Å². The van der Waals surface area contributed by atoms with Crippen molar-refractivity contribution in [1.82, 2.24) is 15.1 Å². The molecular formula is C14H26N4O. The van der Waals surface area contributed by atoms with Crippen LogP contribution in [0.2, 0.25) is 0 Å². The molecule has 1 aromatic heterocycles. The van der Waals surface area contributed by atoms with E-state index in [2.05, 4.69) is 29.2 Å². The smallest absolute Gasteiger partial charge is 0.268 e. The Balaban J connectivity index is 2.79. The predicted octanol–water partition coefficient (Wildman–Crippen LogP) is 1.48. The van der Waals surface area contributed by atoms with E-state index < -0.39 is 0 Å². The molecule has 0 aliphatic rings. The largest absolute Gasteiger partial charge is 0.373 e. The Morgan fingerprint density at radius 1 is 1.42 bits per heavy atom. The summed E-state index contributed by atoms with van der Waals surface area (Å²) in [5.74, 6) is 0. The minimum absolute atomic E-state index is 0.0307. The Morgan fingerprint density at radius 2 is 2.16 bits per heavy atom. The van der Waals surface area contributed by atoms with Gasteiger partial charge in [-0.25, -0.2) is 4.68 Å². The minimum atomic E-state index is -0.0307. The maximum Gasteiger partial charge on any atom is 0.268 e. The molecule has 0 spiro atoms. The summed E-state index contributed by atoms with van der Waals surface area (Å²) in [6, 6.07) is 1.97. The summed E-state index contributed by atoms with van der Waals surface area (Å²) in [5, 5.41) is 7.50. The van der Waals surface area contributed by atoms with Gasteiger partial charge < -0.3 is 10.2 Å². The van der Waals surface area contributed by atoms with Crippen molar-refractivity contribution in [2.45, 2.75) is 45.7 Å². The molecule has 0 amide bonds. The highest BCUT2D eigenvalue weighted by Gasteiger charge is 2.09. The third-order valence-corrected chi connectivity index (χ3v) is 3.29. The molecule has 0 aromatic carbocycles. The molecule has 0 bridgehead atoms. The van der Waals surface area contributed by atoms with Crippen LogP contribution in [0.25, 0.3) is 0 Å². The van der Waals surface area contributed by atoms with Crippen LogP contribution >= 0.6 is 0 Å². The van der Waals surface area contributed by atoms with Gasteiger partial charge in [-0.3, -0.25) is 4.79 Å². The van der Waals surface area contributed by atoms with Crippen LogP contribution in [0.4, 0.5) is 5.69 Å². The Morgan fingerprint density at radius 3 is 2.68 bits per heavy atom. The summed E-state index contributed by atoms with van der Waals surface area (Å²) in [5.41, 5.74) is 0.858. The first kappa shape index (κ1) is 15.7. The molecule has 0 saturated heterocycles. The van der Waals surface area contributed by atoms with E-state index in [0.29, 0.717) is 12.6 Å². The van der Waals surface area contributed by atoms with Gasteiger partial charge in [0.05, 0.1) is 18.4 Å². The van der Waals surface area contributed by atoms with E-state index in [-0.39, 0.29) is 5.56 Å². The van der Waals surface area contributed by atoms with Crippen LogP contribution in [0.1, 0.15) is 33.1 Å². The Bertz CT molecular complexity index is 430. The lowest BCUT2D eigenvalue weighted by molar-refractivity contribution is 0.415. The summed E-state index contributed by atoms with van der Waals surface area (Å²) < 4.78 is 1.54. The van der Waals surface area contributed by atoms with Gasteiger partial charge in [-0.15, -0.1) is 0 Å². The summed E-state index contributed by atoms with van der Waals surface area (Å²) in [4.78, 5) is 14.1. The lowest BCUT2D eigenvalue weighted by Gasteiger charge is -2.19. The average Bonchev–Trinajstić information content (AvgIpc) is 2.40. The second-order valence-corrected chi connectivity index (χ2v) is 4.93. The fourth-order valence-corrected chi connectivity index (χ4v) is 2.12. The zero-order chi connectivity index (χ0) is 14.3. The molecule has 108 valence electrons. The van der Waals surface area contributed by atoms with Crippen molar-refractivity contribution >= 4 is 5.69 Å². The highest BCUT2D eigenvalue weighted by molar-refractivity contribution is 5.41. The lowest BCUT2D eigenvalue weighted by Crippen LogP contribution is -2.36. The molecule has 0 aliphatic carbocycles. The lowest BCUT2D eigenvalue weighted by atomic mass is 10.2. The van der Waals surface area contributed by atoms with Crippen LogP contribution in [0.5, 0.6) is 0 Å². The minimum Gasteiger partial charge on any atom is -0.373 e. The highest BCUT2D eigenvalue weighted by Crippen LogP contribution is 2.07. The van der Waals surface area contributed by atoms with E-state index in [1.165, 1.54) is 0 Å². The standard InChI is InChI=1S/C14H26N4O/c1-5-7-12(15-3)11-18-14(19)9-13(10-16-18)17(4)8-6-2/h9-10,12,15H,5-8,11H2,1-4H3. The first-order chi connectivity index (χ1) is 9.12. The summed E-state index contributed by atoms with van der Waals surface area (Å²) >= 11 is 0. The second-order valence-electron chi connectivity index (χ2n) is 4.93. The van der Waals surface area contributed by atoms with E-state index in [1.807, 2.05) is 14.1 Å². The molecule has 5 heteroatoms. The number of nitrogens with one attached hydrogen (secondary N) is 1. The summed E-state index contributed by atoms with van der Waals surface area (Å²) in [6.07, 6.45) is 4.97. The first-order valence-electron chi connectivity index (χ1n) is 7.07. The number of rotatable bonds is 8. The maximum atomic E-state index is 12.1. The Labute approximate surface area is 115 Å². The number of nitrogens with zero attached hydrogens (tertiary/aromatic N) is 3. The molecule has 0 fully saturated rings. The number of hydrogen-bond acceptors (Lipinski definition) is 4. The summed E-state index contributed by atoms with van der Waals surface area (Å²) in [6.45, 7) is 5.82. The molecule has 5 nitrogen and oxygen atoms in total. The normalized spacial score (nSPS) is 12.4. The molecule has 1 aromatic rings. The number of anilines is 1. The topological polar surface area (TPSA) is 50.2 Å². The molecule has 0 radical (unpaired) electrons. The van der Waals surface area contributed by atoms with E-state index in [4.69, 9.17) is 0 Å².